The highest BCUT2D eigenvalue weighted by molar-refractivity contribution is 7.99. The molecule has 1 amide bonds. The van der Waals surface area contributed by atoms with Gasteiger partial charge in [-0.25, -0.2) is 0 Å². The van der Waals surface area contributed by atoms with E-state index in [-0.39, 0.29) is 10.5 Å². The summed E-state index contributed by atoms with van der Waals surface area (Å²) >= 11 is 0.350. The van der Waals surface area contributed by atoms with Crippen molar-refractivity contribution in [2.24, 2.45) is 0 Å². The molecule has 6 nitrogen and oxygen atoms in total. The second-order valence-electron chi connectivity index (χ2n) is 6.22. The van der Waals surface area contributed by atoms with E-state index >= 15 is 0 Å². The van der Waals surface area contributed by atoms with E-state index < -0.39 is 11.7 Å². The Labute approximate surface area is 171 Å². The molecule has 0 aliphatic rings. The van der Waals surface area contributed by atoms with Crippen molar-refractivity contribution < 1.29 is 13.6 Å². The van der Waals surface area contributed by atoms with Gasteiger partial charge >= 0.3 is 0 Å². The predicted molar refractivity (Wildman–Crippen MR) is 112 cm³/mol. The van der Waals surface area contributed by atoms with Crippen LogP contribution in [0.1, 0.15) is 10.4 Å². The van der Waals surface area contributed by atoms with Gasteiger partial charge in [0.05, 0.1) is 17.4 Å². The lowest BCUT2D eigenvalue weighted by Crippen LogP contribution is -2.13. The minimum absolute atomic E-state index is 0.204. The van der Waals surface area contributed by atoms with Gasteiger partial charge in [-0.1, -0.05) is 23.9 Å². The number of hydrogen-bond donors (Lipinski definition) is 2. The summed E-state index contributed by atoms with van der Waals surface area (Å²) in [6.07, 6.45) is 1.66. The first-order valence-electron chi connectivity index (χ1n) is 8.64. The van der Waals surface area contributed by atoms with Crippen LogP contribution >= 0.6 is 11.8 Å². The second kappa shape index (κ2) is 9.33. The van der Waals surface area contributed by atoms with Crippen molar-refractivity contribution in [1.82, 2.24) is 10.2 Å². The number of aromatic nitrogens is 2. The van der Waals surface area contributed by atoms with E-state index in [1.807, 2.05) is 25.1 Å². The van der Waals surface area contributed by atoms with Crippen LogP contribution in [0.15, 0.2) is 65.7 Å². The van der Waals surface area contributed by atoms with Crippen LogP contribution in [0, 0.1) is 0 Å². The lowest BCUT2D eigenvalue weighted by Gasteiger charge is -2.13. The fourth-order valence-corrected chi connectivity index (χ4v) is 3.14. The standard InChI is InChI=1S/C20H19F2N5OS/c1-27(2)15-11-18(26-23-12-15)24-13-7-9-14(10-8-13)25-19(28)16-5-3-4-6-17(16)29-20(21)22/h3-12,20H,1-2H3,(H,24,26)(H,25,28). The summed E-state index contributed by atoms with van der Waals surface area (Å²) in [7, 11) is 3.83. The van der Waals surface area contributed by atoms with Crippen molar-refractivity contribution in [3.8, 4) is 0 Å². The van der Waals surface area contributed by atoms with Gasteiger partial charge < -0.3 is 15.5 Å². The zero-order chi connectivity index (χ0) is 20.8. The maximum atomic E-state index is 12.7. The molecule has 0 radical (unpaired) electrons. The largest absolute Gasteiger partial charge is 0.376 e. The highest BCUT2D eigenvalue weighted by atomic mass is 32.2. The number of carbonyl (C=O) groups excluding carboxylic acids is 1. The van der Waals surface area contributed by atoms with Crippen LogP contribution in [0.4, 0.5) is 31.7 Å². The van der Waals surface area contributed by atoms with Gasteiger partial charge in [-0.3, -0.25) is 4.79 Å². The Balaban J connectivity index is 1.68. The van der Waals surface area contributed by atoms with Gasteiger partial charge in [0, 0.05) is 36.4 Å². The van der Waals surface area contributed by atoms with E-state index in [1.165, 1.54) is 12.1 Å². The number of alkyl halides is 2. The van der Waals surface area contributed by atoms with E-state index in [9.17, 15) is 13.6 Å². The highest BCUT2D eigenvalue weighted by Crippen LogP contribution is 2.29. The third kappa shape index (κ3) is 5.64. The molecule has 0 unspecified atom stereocenters. The third-order valence-corrected chi connectivity index (χ3v) is 4.71. The minimum atomic E-state index is -2.59. The van der Waals surface area contributed by atoms with E-state index in [0.717, 1.165) is 11.4 Å². The molecule has 150 valence electrons. The second-order valence-corrected chi connectivity index (χ2v) is 7.26. The lowest BCUT2D eigenvalue weighted by atomic mass is 10.2. The normalized spacial score (nSPS) is 10.7. The Hall–Kier alpha value is -3.20. The zero-order valence-corrected chi connectivity index (χ0v) is 16.6. The van der Waals surface area contributed by atoms with Crippen molar-refractivity contribution in [3.05, 3.63) is 66.4 Å². The molecule has 3 aromatic rings. The Morgan fingerprint density at radius 1 is 1.07 bits per heavy atom. The average molecular weight is 415 g/mol. The molecule has 0 aliphatic heterocycles. The van der Waals surface area contributed by atoms with Gasteiger partial charge in [0.1, 0.15) is 0 Å². The number of benzene rings is 2. The monoisotopic (exact) mass is 415 g/mol. The maximum absolute atomic E-state index is 12.7. The number of amides is 1. The smallest absolute Gasteiger partial charge is 0.288 e. The van der Waals surface area contributed by atoms with Crippen LogP contribution in [-0.2, 0) is 0 Å². The van der Waals surface area contributed by atoms with E-state index in [4.69, 9.17) is 0 Å². The minimum Gasteiger partial charge on any atom is -0.376 e. The average Bonchev–Trinajstić information content (AvgIpc) is 2.69. The summed E-state index contributed by atoms with van der Waals surface area (Å²) in [4.78, 5) is 14.6. The summed E-state index contributed by atoms with van der Waals surface area (Å²) in [6.45, 7) is 0. The molecule has 0 spiro atoms. The number of halogens is 2. The lowest BCUT2D eigenvalue weighted by molar-refractivity contribution is 0.102. The molecular weight excluding hydrogens is 396 g/mol. The number of anilines is 4. The van der Waals surface area contributed by atoms with Gasteiger partial charge in [0.15, 0.2) is 5.82 Å². The molecule has 2 aromatic carbocycles. The Kier molecular flexibility index (Phi) is 6.61. The van der Waals surface area contributed by atoms with Crippen LogP contribution in [0.2, 0.25) is 0 Å². The molecule has 3 rings (SSSR count). The van der Waals surface area contributed by atoms with Crippen LogP contribution in [0.5, 0.6) is 0 Å². The molecule has 0 fully saturated rings. The predicted octanol–water partition coefficient (Wildman–Crippen LogP) is 4.85. The van der Waals surface area contributed by atoms with Crippen molar-refractivity contribution in [1.29, 1.82) is 0 Å². The van der Waals surface area contributed by atoms with Gasteiger partial charge in [-0.2, -0.15) is 13.9 Å². The summed E-state index contributed by atoms with van der Waals surface area (Å²) in [5.41, 5.74) is 2.43. The fourth-order valence-electron chi connectivity index (χ4n) is 2.50. The number of nitrogens with zero attached hydrogens (tertiary/aromatic N) is 3. The van der Waals surface area contributed by atoms with Crippen LogP contribution in [0.25, 0.3) is 0 Å². The van der Waals surface area contributed by atoms with Crippen LogP contribution in [-0.4, -0.2) is 36.0 Å². The molecule has 0 atom stereocenters. The number of nitrogens with one attached hydrogen (secondary N) is 2. The Bertz CT molecular complexity index is 983. The van der Waals surface area contributed by atoms with Gasteiger partial charge in [-0.15, -0.1) is 5.10 Å². The number of hydrogen-bond acceptors (Lipinski definition) is 6. The number of rotatable bonds is 7. The van der Waals surface area contributed by atoms with E-state index in [1.54, 1.807) is 42.6 Å². The summed E-state index contributed by atoms with van der Waals surface area (Å²) in [5, 5.41) is 13.9. The topological polar surface area (TPSA) is 70.2 Å². The van der Waals surface area contributed by atoms with Crippen molar-refractivity contribution in [3.63, 3.8) is 0 Å². The van der Waals surface area contributed by atoms with E-state index in [2.05, 4.69) is 20.8 Å². The van der Waals surface area contributed by atoms with Gasteiger partial charge in [-0.05, 0) is 36.4 Å². The first-order valence-corrected chi connectivity index (χ1v) is 9.52. The number of carbonyl (C=O) groups is 1. The number of thioether (sulfide) groups is 1. The fraction of sp³-hybridized carbons (Fsp3) is 0.150. The molecular formula is C20H19F2N5OS. The van der Waals surface area contributed by atoms with Crippen LogP contribution < -0.4 is 15.5 Å². The van der Waals surface area contributed by atoms with Crippen molar-refractivity contribution in [2.45, 2.75) is 10.7 Å². The molecule has 1 aromatic heterocycles. The molecule has 2 N–H and O–H groups in total. The molecule has 0 bridgehead atoms. The quantitative estimate of drug-likeness (QED) is 0.538. The van der Waals surface area contributed by atoms with Crippen LogP contribution in [0.3, 0.4) is 0 Å². The first-order chi connectivity index (χ1) is 13.9. The molecule has 0 aliphatic carbocycles. The summed E-state index contributed by atoms with van der Waals surface area (Å²) < 4.78 is 25.4. The van der Waals surface area contributed by atoms with Crippen molar-refractivity contribution in [2.75, 3.05) is 29.6 Å². The first kappa shape index (κ1) is 20.5. The molecule has 9 heteroatoms. The summed E-state index contributed by atoms with van der Waals surface area (Å²) in [5.74, 6) is -2.45. The van der Waals surface area contributed by atoms with Crippen molar-refractivity contribution >= 4 is 40.5 Å². The highest BCUT2D eigenvalue weighted by Gasteiger charge is 2.15. The Morgan fingerprint density at radius 2 is 1.76 bits per heavy atom. The van der Waals surface area contributed by atoms with Gasteiger partial charge in [0.25, 0.3) is 11.7 Å². The molecule has 1 heterocycles. The summed E-state index contributed by atoms with van der Waals surface area (Å²) in [6, 6.07) is 15.1. The molecule has 29 heavy (non-hydrogen) atoms. The van der Waals surface area contributed by atoms with E-state index in [0.29, 0.717) is 23.3 Å². The third-order valence-electron chi connectivity index (χ3n) is 3.92. The zero-order valence-electron chi connectivity index (χ0n) is 15.8. The SMILES string of the molecule is CN(C)c1cnnc(Nc2ccc(NC(=O)c3ccccc3SC(F)F)cc2)c1. The Morgan fingerprint density at radius 3 is 2.45 bits per heavy atom. The van der Waals surface area contributed by atoms with Gasteiger partial charge in [0.2, 0.25) is 0 Å². The molecule has 0 saturated heterocycles. The molecule has 0 saturated carbocycles. The maximum Gasteiger partial charge on any atom is 0.288 e.